The summed E-state index contributed by atoms with van der Waals surface area (Å²) < 4.78 is 30.4. The molecular formula is C55H54Cl2N10O8. The zero-order valence-electron chi connectivity index (χ0n) is 41.5. The second-order valence-electron chi connectivity index (χ2n) is 19.1. The summed E-state index contributed by atoms with van der Waals surface area (Å²) in [6.07, 6.45) is 5.33. The van der Waals surface area contributed by atoms with E-state index in [1.54, 1.807) is 51.6 Å². The third-order valence-corrected chi connectivity index (χ3v) is 15.1. The van der Waals surface area contributed by atoms with Crippen LogP contribution < -0.4 is 25.8 Å². The van der Waals surface area contributed by atoms with Gasteiger partial charge in [-0.2, -0.15) is 10.2 Å². The Hall–Kier alpha value is -7.35. The summed E-state index contributed by atoms with van der Waals surface area (Å²) in [7, 11) is 0. The number of piperazine rings is 1. The van der Waals surface area contributed by atoms with Gasteiger partial charge in [0.05, 0.1) is 52.4 Å². The van der Waals surface area contributed by atoms with Gasteiger partial charge < -0.3 is 38.4 Å². The molecule has 8 heterocycles. The van der Waals surface area contributed by atoms with Gasteiger partial charge in [0, 0.05) is 64.7 Å². The first-order chi connectivity index (χ1) is 36.3. The van der Waals surface area contributed by atoms with E-state index in [-0.39, 0.29) is 43.0 Å². The average Bonchev–Trinajstić information content (AvgIpc) is 4.29. The van der Waals surface area contributed by atoms with Crippen molar-refractivity contribution in [1.82, 2.24) is 38.7 Å². The molecule has 0 aliphatic carbocycles. The molecule has 4 aliphatic rings. The molecule has 0 spiro atoms. The summed E-state index contributed by atoms with van der Waals surface area (Å²) in [5.74, 6) is -1.12. The van der Waals surface area contributed by atoms with Crippen molar-refractivity contribution in [3.05, 3.63) is 175 Å². The summed E-state index contributed by atoms with van der Waals surface area (Å²) >= 11 is 12.7. The smallest absolute Gasteiger partial charge is 0.350 e. The second-order valence-corrected chi connectivity index (χ2v) is 19.9. The maximum Gasteiger partial charge on any atom is 0.350 e. The highest BCUT2D eigenvalue weighted by Gasteiger charge is 2.47. The van der Waals surface area contributed by atoms with Gasteiger partial charge in [-0.05, 0) is 98.6 Å². The molecule has 20 heteroatoms. The quantitative estimate of drug-likeness (QED) is 0.118. The summed E-state index contributed by atoms with van der Waals surface area (Å²) in [5, 5.41) is 21.4. The molecule has 0 bridgehead atoms. The lowest BCUT2D eigenvalue weighted by atomic mass is 9.86. The van der Waals surface area contributed by atoms with Crippen LogP contribution in [-0.2, 0) is 50.1 Å². The molecule has 0 saturated carbocycles. The van der Waals surface area contributed by atoms with Gasteiger partial charge in [-0.1, -0.05) is 61.3 Å². The Morgan fingerprint density at radius 3 is 2.25 bits per heavy atom. The van der Waals surface area contributed by atoms with E-state index in [4.69, 9.17) is 47.1 Å². The van der Waals surface area contributed by atoms with Crippen LogP contribution in [-0.4, -0.2) is 95.2 Å². The van der Waals surface area contributed by atoms with Crippen molar-refractivity contribution in [3.8, 4) is 22.8 Å². The zero-order chi connectivity index (χ0) is 52.0. The van der Waals surface area contributed by atoms with Crippen LogP contribution in [0.2, 0.25) is 10.0 Å². The second kappa shape index (κ2) is 20.4. The Bertz CT molecular complexity index is 3520. The third kappa shape index (κ3) is 9.45. The number of esters is 1. The minimum absolute atomic E-state index is 0.0645. The lowest BCUT2D eigenvalue weighted by molar-refractivity contribution is -0.190. The molecule has 4 aliphatic heterocycles. The maximum absolute atomic E-state index is 13.0. The highest BCUT2D eigenvalue weighted by Crippen LogP contribution is 2.42. The topological polar surface area (TPSA) is 186 Å². The van der Waals surface area contributed by atoms with Crippen LogP contribution in [0.3, 0.4) is 0 Å². The molecule has 386 valence electrons. The SMILES string of the molecule is CCC(C)n1ncn(-c2ccc(N3CCN(c4ccc(OC[C@H]5CO[C@](Cn6cncn6)(c6ccc(Cl)cc6Cl)O5)cc4)CC3)cc2)c1=O.CC[C@@]1(O)C(=O)OCc2c1cc1n(c2=O)Cc2cc3ccccc3nc2-1. The van der Waals surface area contributed by atoms with Crippen LogP contribution in [0.4, 0.5) is 11.4 Å². The summed E-state index contributed by atoms with van der Waals surface area (Å²) in [6, 6.07) is 33.1. The van der Waals surface area contributed by atoms with Crippen LogP contribution in [0.25, 0.3) is 28.0 Å². The van der Waals surface area contributed by atoms with E-state index in [1.807, 2.05) is 74.5 Å². The van der Waals surface area contributed by atoms with E-state index in [0.717, 1.165) is 77.6 Å². The Morgan fingerprint density at radius 2 is 1.56 bits per heavy atom. The molecule has 12 rings (SSSR count). The van der Waals surface area contributed by atoms with Crippen LogP contribution in [0.1, 0.15) is 61.9 Å². The molecule has 4 aromatic carbocycles. The number of hydrogen-bond donors (Lipinski definition) is 1. The predicted octanol–water partition coefficient (Wildman–Crippen LogP) is 7.66. The van der Waals surface area contributed by atoms with Gasteiger partial charge in [-0.25, -0.2) is 33.5 Å². The molecular weight excluding hydrogens is 1000 g/mol. The van der Waals surface area contributed by atoms with Gasteiger partial charge in [-0.15, -0.1) is 0 Å². The first-order valence-corrected chi connectivity index (χ1v) is 25.7. The molecule has 2 saturated heterocycles. The Morgan fingerprint density at radius 1 is 0.840 bits per heavy atom. The van der Waals surface area contributed by atoms with Gasteiger partial charge in [0.2, 0.25) is 5.79 Å². The fourth-order valence-electron chi connectivity index (χ4n) is 10.2. The van der Waals surface area contributed by atoms with Crippen LogP contribution in [0.5, 0.6) is 5.75 Å². The number of anilines is 2. The Labute approximate surface area is 441 Å². The monoisotopic (exact) mass is 1050 g/mol. The van der Waals surface area contributed by atoms with Crippen LogP contribution in [0.15, 0.2) is 132 Å². The first-order valence-electron chi connectivity index (χ1n) is 25.0. The number of hydrogen-bond acceptors (Lipinski definition) is 14. The number of halogens is 2. The normalized spacial score (nSPS) is 20.2. The molecule has 75 heavy (non-hydrogen) atoms. The van der Waals surface area contributed by atoms with Gasteiger partial charge >= 0.3 is 11.7 Å². The van der Waals surface area contributed by atoms with E-state index < -0.39 is 17.4 Å². The van der Waals surface area contributed by atoms with E-state index in [0.29, 0.717) is 52.2 Å². The largest absolute Gasteiger partial charge is 0.491 e. The molecule has 0 radical (unpaired) electrons. The van der Waals surface area contributed by atoms with Crippen LogP contribution in [0, 0.1) is 0 Å². The van der Waals surface area contributed by atoms with Crippen molar-refractivity contribution < 1.29 is 28.8 Å². The number of carbonyl (C=O) groups excluding carboxylic acids is 1. The van der Waals surface area contributed by atoms with Gasteiger partial charge in [0.1, 0.15) is 50.6 Å². The molecule has 2 fully saturated rings. The van der Waals surface area contributed by atoms with Crippen molar-refractivity contribution in [3.63, 3.8) is 0 Å². The number of pyridine rings is 2. The summed E-state index contributed by atoms with van der Waals surface area (Å²) in [4.78, 5) is 51.5. The van der Waals surface area contributed by atoms with E-state index in [2.05, 4.69) is 49.2 Å². The lowest BCUT2D eigenvalue weighted by Crippen LogP contribution is -2.46. The minimum Gasteiger partial charge on any atom is -0.491 e. The molecule has 4 aromatic heterocycles. The van der Waals surface area contributed by atoms with Gasteiger partial charge in [0.25, 0.3) is 5.56 Å². The van der Waals surface area contributed by atoms with E-state index in [1.165, 1.54) is 11.0 Å². The molecule has 4 atom stereocenters. The molecule has 18 nitrogen and oxygen atoms in total. The average molecular weight is 1050 g/mol. The first kappa shape index (κ1) is 49.8. The molecule has 1 N–H and O–H groups in total. The van der Waals surface area contributed by atoms with Crippen molar-refractivity contribution in [2.45, 2.75) is 76.8 Å². The highest BCUT2D eigenvalue weighted by atomic mass is 35.5. The zero-order valence-corrected chi connectivity index (χ0v) is 43.0. The molecule has 8 aromatic rings. The molecule has 0 amide bonds. The third-order valence-electron chi connectivity index (χ3n) is 14.6. The van der Waals surface area contributed by atoms with Crippen molar-refractivity contribution in [2.24, 2.45) is 0 Å². The number of aliphatic hydroxyl groups is 1. The van der Waals surface area contributed by atoms with Gasteiger partial charge in [0.15, 0.2) is 5.60 Å². The standard InChI is InChI=1S/C35H38Cl2N8O4.C20H16N2O4/c1-3-25(2)45-34(46)44(24-40-45)29-7-5-27(6-8-29)41-14-16-42(17-15-41)28-9-11-30(12-10-28)47-19-31-20-48-35(49-31,21-43-23-38-22-39-43)32-13-4-26(36)18-33(32)37;1-2-20(25)14-8-16-17-12(7-11-5-3-4-6-15(11)21-17)9-22(16)18(23)13(14)10-26-19(20)24/h4-13,18,22-25,31H,3,14-17,19-21H2,1-2H3;3-8,25H,2,9-10H2,1H3/t25?,31-,35-;20-/m00/s1. The van der Waals surface area contributed by atoms with Crippen molar-refractivity contribution >= 4 is 51.4 Å². The minimum atomic E-state index is -1.79. The van der Waals surface area contributed by atoms with E-state index in [9.17, 15) is 19.5 Å². The van der Waals surface area contributed by atoms with Gasteiger partial charge in [-0.3, -0.25) is 4.79 Å². The number of rotatable bonds is 12. The highest BCUT2D eigenvalue weighted by molar-refractivity contribution is 6.35. The number of para-hydroxylation sites is 1. The maximum atomic E-state index is 13.0. The van der Waals surface area contributed by atoms with Crippen molar-refractivity contribution in [1.29, 1.82) is 0 Å². The lowest BCUT2D eigenvalue weighted by Gasteiger charge is -2.37. The number of benzene rings is 4. The summed E-state index contributed by atoms with van der Waals surface area (Å²) in [6.45, 7) is 10.5. The number of cyclic esters (lactones) is 1. The fourth-order valence-corrected chi connectivity index (χ4v) is 10.7. The molecule has 1 unspecified atom stereocenters. The van der Waals surface area contributed by atoms with Crippen LogP contribution >= 0.6 is 23.2 Å². The number of aromatic nitrogens is 8. The van der Waals surface area contributed by atoms with E-state index >= 15 is 0 Å². The Kier molecular flexibility index (Phi) is 13.6. The van der Waals surface area contributed by atoms with Crippen molar-refractivity contribution in [2.75, 3.05) is 49.2 Å². The Balaban J connectivity index is 0.000000193. The fraction of sp³-hybridized carbons (Fsp3) is 0.327. The number of carbonyl (C=O) groups is 1. The number of ether oxygens (including phenoxy) is 4. The number of nitrogens with zero attached hydrogens (tertiary/aromatic N) is 10. The predicted molar refractivity (Wildman–Crippen MR) is 283 cm³/mol. The number of fused-ring (bicyclic) bond motifs is 5. The summed E-state index contributed by atoms with van der Waals surface area (Å²) in [5.41, 5.74) is 5.46.